The summed E-state index contributed by atoms with van der Waals surface area (Å²) in [5, 5.41) is 17.7. The second kappa shape index (κ2) is 8.96. The lowest BCUT2D eigenvalue weighted by Crippen LogP contribution is -2.63. The number of hydrogen-bond donors (Lipinski definition) is 2. The maximum Gasteiger partial charge on any atom is 0.335 e. The Morgan fingerprint density at radius 1 is 1.17 bits per heavy atom. The van der Waals surface area contributed by atoms with E-state index < -0.39 is 20.6 Å². The van der Waals surface area contributed by atoms with Crippen LogP contribution in [0.25, 0.3) is 5.69 Å². The third-order valence-corrected chi connectivity index (χ3v) is 11.4. The number of hydrogen-bond acceptors (Lipinski definition) is 6. The summed E-state index contributed by atoms with van der Waals surface area (Å²) in [5.74, 6) is 0.443. The third kappa shape index (κ3) is 4.28. The number of rotatable bonds is 8. The average molecular weight is 518 g/mol. The first-order valence-electron chi connectivity index (χ1n) is 12.2. The molecule has 1 heterocycles. The molecule has 2 aromatic rings. The van der Waals surface area contributed by atoms with Crippen LogP contribution in [0.4, 0.5) is 0 Å². The molecule has 4 aliphatic carbocycles. The normalized spacial score (nSPS) is 29.3. The summed E-state index contributed by atoms with van der Waals surface area (Å²) in [4.78, 5) is 24.7. The Labute approximate surface area is 209 Å². The summed E-state index contributed by atoms with van der Waals surface area (Å²) in [5.41, 5.74) is 1.38. The highest BCUT2D eigenvalue weighted by molar-refractivity contribution is 7.99. The van der Waals surface area contributed by atoms with E-state index in [0.717, 1.165) is 36.5 Å². The number of benzene rings is 1. The molecule has 10 heteroatoms. The molecular weight excluding hydrogens is 486 g/mol. The number of nitrogens with zero attached hydrogens (tertiary/aromatic N) is 2. The Kier molecular flexibility index (Phi) is 6.24. The van der Waals surface area contributed by atoms with Crippen LogP contribution in [0, 0.1) is 17.8 Å². The van der Waals surface area contributed by atoms with Crippen LogP contribution in [-0.4, -0.2) is 58.0 Å². The van der Waals surface area contributed by atoms with Gasteiger partial charge in [0.1, 0.15) is 5.03 Å². The van der Waals surface area contributed by atoms with Crippen molar-refractivity contribution in [3.05, 3.63) is 41.6 Å². The van der Waals surface area contributed by atoms with Crippen LogP contribution >= 0.6 is 11.8 Å². The maximum absolute atomic E-state index is 13.5. The fourth-order valence-electron chi connectivity index (χ4n) is 6.63. The number of carboxylic acids is 1. The molecule has 1 amide bonds. The molecule has 0 saturated heterocycles. The van der Waals surface area contributed by atoms with Crippen molar-refractivity contribution < 1.29 is 23.1 Å². The number of carboxylic acid groups (broad SMARTS) is 1. The third-order valence-electron chi connectivity index (χ3n) is 8.07. The molecule has 4 fully saturated rings. The number of sulfone groups is 1. The van der Waals surface area contributed by atoms with E-state index in [1.54, 1.807) is 34.8 Å². The molecule has 3 unspecified atom stereocenters. The number of carbonyl (C=O) groups is 2. The number of nitrogens with one attached hydrogen (secondary N) is 1. The highest BCUT2D eigenvalue weighted by Crippen LogP contribution is 2.58. The molecule has 4 saturated carbocycles. The number of aromatic carboxylic acids is 1. The molecule has 5 atom stereocenters. The lowest BCUT2D eigenvalue weighted by atomic mass is 9.53. The molecule has 188 valence electrons. The minimum Gasteiger partial charge on any atom is -0.478 e. The minimum atomic E-state index is -3.14. The van der Waals surface area contributed by atoms with Gasteiger partial charge < -0.3 is 10.4 Å². The molecule has 1 aromatic carbocycles. The van der Waals surface area contributed by atoms with E-state index >= 15 is 0 Å². The molecule has 35 heavy (non-hydrogen) atoms. The highest BCUT2D eigenvalue weighted by Gasteiger charge is 2.59. The van der Waals surface area contributed by atoms with E-state index in [0.29, 0.717) is 30.0 Å². The zero-order chi connectivity index (χ0) is 25.0. The van der Waals surface area contributed by atoms with Crippen molar-refractivity contribution in [2.75, 3.05) is 12.0 Å². The minimum absolute atomic E-state index is 0.0175. The predicted octanol–water partition coefficient (Wildman–Crippen LogP) is 3.79. The van der Waals surface area contributed by atoms with Crippen molar-refractivity contribution in [3.8, 4) is 5.69 Å². The topological polar surface area (TPSA) is 118 Å². The second-order valence-corrected chi connectivity index (χ2v) is 13.9. The van der Waals surface area contributed by atoms with Crippen LogP contribution in [0.1, 0.15) is 66.2 Å². The van der Waals surface area contributed by atoms with E-state index in [4.69, 9.17) is 0 Å². The first-order valence-corrected chi connectivity index (χ1v) is 15.0. The summed E-state index contributed by atoms with van der Waals surface area (Å²) >= 11 is 1.55. The van der Waals surface area contributed by atoms with Crippen LogP contribution in [0.5, 0.6) is 0 Å². The molecule has 8 nitrogen and oxygen atoms in total. The van der Waals surface area contributed by atoms with E-state index in [2.05, 4.69) is 17.3 Å². The summed E-state index contributed by atoms with van der Waals surface area (Å²) in [6, 6.07) is 6.42. The molecule has 4 aliphatic rings. The SMILES string of the molecule is CCCSc1c(C(=O)NC2[C@@H]3CC4C[C@H]2CC(S(C)(=O)=O)(C4)C3)cnn1-c1ccc(C(=O)O)cc1. The van der Waals surface area contributed by atoms with E-state index in [1.807, 2.05) is 0 Å². The Hall–Kier alpha value is -2.33. The van der Waals surface area contributed by atoms with Crippen LogP contribution in [0.15, 0.2) is 35.5 Å². The standard InChI is InChI=1S/C25H31N3O5S2/c1-3-8-34-23-20(14-26-28(23)19-6-4-16(5-7-19)24(30)31)22(29)27-21-17-9-15-10-18(21)13-25(11-15,12-17)35(2,32)33/h4-7,14-15,17-18,21H,3,8-13H2,1-2H3,(H,27,29)(H,30,31)/t15?,17-,18+,21?,25?. The van der Waals surface area contributed by atoms with E-state index in [-0.39, 0.29) is 29.3 Å². The number of amides is 1. The van der Waals surface area contributed by atoms with E-state index in [9.17, 15) is 23.1 Å². The van der Waals surface area contributed by atoms with Gasteiger partial charge in [0.2, 0.25) is 0 Å². The van der Waals surface area contributed by atoms with Gasteiger partial charge in [-0.05, 0) is 86.3 Å². The van der Waals surface area contributed by atoms with Gasteiger partial charge in [-0.1, -0.05) is 6.92 Å². The number of aromatic nitrogens is 2. The molecule has 1 aromatic heterocycles. The summed E-state index contributed by atoms with van der Waals surface area (Å²) in [6.07, 6.45) is 7.87. The highest BCUT2D eigenvalue weighted by atomic mass is 32.2. The fraction of sp³-hybridized carbons (Fsp3) is 0.560. The van der Waals surface area contributed by atoms with Crippen molar-refractivity contribution in [1.82, 2.24) is 15.1 Å². The van der Waals surface area contributed by atoms with Crippen molar-refractivity contribution >= 4 is 33.5 Å². The molecule has 0 radical (unpaired) electrons. The number of thioether (sulfide) groups is 1. The zero-order valence-electron chi connectivity index (χ0n) is 19.9. The first kappa shape index (κ1) is 24.4. The average Bonchev–Trinajstić information content (AvgIpc) is 3.22. The Balaban J connectivity index is 1.40. The molecule has 2 N–H and O–H groups in total. The fourth-order valence-corrected chi connectivity index (χ4v) is 9.17. The van der Waals surface area contributed by atoms with Crippen LogP contribution < -0.4 is 5.32 Å². The molecule has 0 aliphatic heterocycles. The van der Waals surface area contributed by atoms with Gasteiger partial charge >= 0.3 is 5.97 Å². The summed E-state index contributed by atoms with van der Waals surface area (Å²) < 4.78 is 26.4. The Bertz CT molecular complexity index is 1240. The van der Waals surface area contributed by atoms with Gasteiger partial charge in [-0.25, -0.2) is 17.9 Å². The van der Waals surface area contributed by atoms with Crippen molar-refractivity contribution in [3.63, 3.8) is 0 Å². The quantitative estimate of drug-likeness (QED) is 0.511. The van der Waals surface area contributed by atoms with Gasteiger partial charge in [0.15, 0.2) is 9.84 Å². The van der Waals surface area contributed by atoms with Gasteiger partial charge in [0, 0.05) is 12.3 Å². The predicted molar refractivity (Wildman–Crippen MR) is 134 cm³/mol. The van der Waals surface area contributed by atoms with Crippen LogP contribution in [0.3, 0.4) is 0 Å². The van der Waals surface area contributed by atoms with Gasteiger partial charge in [-0.3, -0.25) is 4.79 Å². The molecule has 4 bridgehead atoms. The smallest absolute Gasteiger partial charge is 0.335 e. The van der Waals surface area contributed by atoms with Gasteiger partial charge in [0.05, 0.1) is 27.8 Å². The lowest BCUT2D eigenvalue weighted by molar-refractivity contribution is 0.000225. The first-order chi connectivity index (χ1) is 16.6. The second-order valence-electron chi connectivity index (χ2n) is 10.4. The van der Waals surface area contributed by atoms with Crippen molar-refractivity contribution in [2.24, 2.45) is 17.8 Å². The zero-order valence-corrected chi connectivity index (χ0v) is 21.6. The summed E-state index contributed by atoms with van der Waals surface area (Å²) in [7, 11) is -3.14. The molecular formula is C25H31N3O5S2. The van der Waals surface area contributed by atoms with Gasteiger partial charge in [0.25, 0.3) is 5.91 Å². The monoisotopic (exact) mass is 517 g/mol. The van der Waals surface area contributed by atoms with Gasteiger partial charge in [-0.15, -0.1) is 11.8 Å². The van der Waals surface area contributed by atoms with Gasteiger partial charge in [-0.2, -0.15) is 5.10 Å². The Morgan fingerprint density at radius 3 is 2.40 bits per heavy atom. The summed E-state index contributed by atoms with van der Waals surface area (Å²) in [6.45, 7) is 2.07. The maximum atomic E-state index is 13.5. The molecule has 6 rings (SSSR count). The van der Waals surface area contributed by atoms with Crippen LogP contribution in [0.2, 0.25) is 0 Å². The molecule has 0 spiro atoms. The Morgan fingerprint density at radius 2 is 1.83 bits per heavy atom. The number of carbonyl (C=O) groups excluding carboxylic acids is 1. The van der Waals surface area contributed by atoms with Crippen LogP contribution in [-0.2, 0) is 9.84 Å². The van der Waals surface area contributed by atoms with Crippen molar-refractivity contribution in [1.29, 1.82) is 0 Å². The van der Waals surface area contributed by atoms with Crippen molar-refractivity contribution in [2.45, 2.75) is 61.3 Å². The van der Waals surface area contributed by atoms with E-state index in [1.165, 1.54) is 18.4 Å². The lowest BCUT2D eigenvalue weighted by Gasteiger charge is -2.59. The largest absolute Gasteiger partial charge is 0.478 e.